The first-order valence-corrected chi connectivity index (χ1v) is 13.6. The average Bonchev–Trinajstić information content (AvgIpc) is 3.69. The Bertz CT molecular complexity index is 1720. The van der Waals surface area contributed by atoms with Crippen molar-refractivity contribution in [3.8, 4) is 22.6 Å². The summed E-state index contributed by atoms with van der Waals surface area (Å²) in [6.07, 6.45) is 4.08. The molecule has 1 aliphatic carbocycles. The predicted octanol–water partition coefficient (Wildman–Crippen LogP) is 6.46. The molecule has 5 aromatic rings. The van der Waals surface area contributed by atoms with Crippen LogP contribution in [0.2, 0.25) is 5.02 Å². The summed E-state index contributed by atoms with van der Waals surface area (Å²) in [5, 5.41) is 7.89. The molecule has 0 saturated heterocycles. The number of aryl methyl sites for hydroxylation is 1. The van der Waals surface area contributed by atoms with Crippen LogP contribution in [0.15, 0.2) is 85.2 Å². The van der Waals surface area contributed by atoms with Gasteiger partial charge in [0, 0.05) is 23.9 Å². The number of rotatable bonds is 7. The Kier molecular flexibility index (Phi) is 6.82. The Morgan fingerprint density at radius 1 is 0.950 bits per heavy atom. The summed E-state index contributed by atoms with van der Waals surface area (Å²) >= 11 is 6.45. The van der Waals surface area contributed by atoms with E-state index in [-0.39, 0.29) is 5.78 Å². The number of anilines is 1. The molecule has 200 valence electrons. The molecule has 1 aliphatic rings. The summed E-state index contributed by atoms with van der Waals surface area (Å²) in [6, 6.07) is 23.4. The normalized spacial score (nSPS) is 13.2. The van der Waals surface area contributed by atoms with Crippen molar-refractivity contribution < 1.29 is 9.59 Å². The van der Waals surface area contributed by atoms with E-state index in [1.807, 2.05) is 80.7 Å². The van der Waals surface area contributed by atoms with E-state index in [1.54, 1.807) is 12.1 Å². The molecular formula is C32H28ClN5O2. The number of nitrogens with zero attached hydrogens (tertiary/aromatic N) is 4. The molecule has 1 atom stereocenters. The predicted molar refractivity (Wildman–Crippen MR) is 157 cm³/mol. The lowest BCUT2D eigenvalue weighted by Crippen LogP contribution is -2.33. The molecule has 2 heterocycles. The van der Waals surface area contributed by atoms with E-state index in [4.69, 9.17) is 11.6 Å². The molecule has 6 rings (SSSR count). The van der Waals surface area contributed by atoms with Gasteiger partial charge in [0.2, 0.25) is 0 Å². The number of carbonyl (C=O) groups excluding carboxylic acids is 2. The van der Waals surface area contributed by atoms with Gasteiger partial charge in [-0.3, -0.25) is 9.59 Å². The third-order valence-electron chi connectivity index (χ3n) is 7.45. The molecule has 0 radical (unpaired) electrons. The standard InChI is InChI=1S/C32H28ClN5O2/c1-20-16-17-25(24(33)18-20)35-32(40)29(38-19-34-31(36-38)22-12-7-4-8-13-22)30(39)27-23-14-9-15-26(23)37(2)28(27)21-10-5-3-6-11-21/h3-8,10-13,16-19,29H,9,14-15H2,1-2H3,(H,35,40). The van der Waals surface area contributed by atoms with Crippen molar-refractivity contribution in [2.45, 2.75) is 32.2 Å². The molecule has 1 N–H and O–H groups in total. The smallest absolute Gasteiger partial charge is 0.257 e. The van der Waals surface area contributed by atoms with Crippen LogP contribution in [0.5, 0.6) is 0 Å². The number of ketones is 1. The van der Waals surface area contributed by atoms with E-state index in [2.05, 4.69) is 20.0 Å². The zero-order valence-corrected chi connectivity index (χ0v) is 23.0. The maximum absolute atomic E-state index is 14.6. The van der Waals surface area contributed by atoms with E-state index < -0.39 is 11.9 Å². The summed E-state index contributed by atoms with van der Waals surface area (Å²) < 4.78 is 3.47. The highest BCUT2D eigenvalue weighted by atomic mass is 35.5. The van der Waals surface area contributed by atoms with Gasteiger partial charge in [-0.1, -0.05) is 78.3 Å². The van der Waals surface area contributed by atoms with E-state index in [1.165, 1.54) is 11.0 Å². The average molecular weight is 550 g/mol. The Morgan fingerprint density at radius 2 is 1.65 bits per heavy atom. The van der Waals surface area contributed by atoms with Crippen molar-refractivity contribution in [2.75, 3.05) is 5.32 Å². The molecule has 2 aromatic heterocycles. The molecule has 0 aliphatic heterocycles. The Labute approximate surface area is 237 Å². The van der Waals surface area contributed by atoms with Crippen LogP contribution in [0.3, 0.4) is 0 Å². The van der Waals surface area contributed by atoms with Crippen LogP contribution in [-0.2, 0) is 24.7 Å². The number of hydrogen-bond donors (Lipinski definition) is 1. The van der Waals surface area contributed by atoms with Gasteiger partial charge in [-0.2, -0.15) is 0 Å². The van der Waals surface area contributed by atoms with Gasteiger partial charge < -0.3 is 9.88 Å². The molecule has 40 heavy (non-hydrogen) atoms. The minimum absolute atomic E-state index is 0.331. The number of Topliss-reactive ketones (excluding diaryl/α,β-unsaturated/α-hetero) is 1. The summed E-state index contributed by atoms with van der Waals surface area (Å²) in [4.78, 5) is 33.1. The van der Waals surface area contributed by atoms with Gasteiger partial charge in [0.05, 0.1) is 16.4 Å². The van der Waals surface area contributed by atoms with Crippen molar-refractivity contribution in [3.63, 3.8) is 0 Å². The van der Waals surface area contributed by atoms with Crippen molar-refractivity contribution in [2.24, 2.45) is 7.05 Å². The number of amides is 1. The van der Waals surface area contributed by atoms with Crippen molar-refractivity contribution in [1.82, 2.24) is 19.3 Å². The molecule has 1 amide bonds. The fourth-order valence-electron chi connectivity index (χ4n) is 5.55. The summed E-state index contributed by atoms with van der Waals surface area (Å²) in [7, 11) is 1.99. The van der Waals surface area contributed by atoms with E-state index in [9.17, 15) is 9.59 Å². The van der Waals surface area contributed by atoms with Crippen LogP contribution in [0.1, 0.15) is 39.6 Å². The largest absolute Gasteiger partial charge is 0.347 e. The molecule has 1 unspecified atom stereocenters. The lowest BCUT2D eigenvalue weighted by atomic mass is 9.95. The first kappa shape index (κ1) is 25.8. The third kappa shape index (κ3) is 4.62. The second-order valence-corrected chi connectivity index (χ2v) is 10.5. The van der Waals surface area contributed by atoms with Crippen LogP contribution >= 0.6 is 11.6 Å². The summed E-state index contributed by atoms with van der Waals surface area (Å²) in [6.45, 7) is 1.92. The third-order valence-corrected chi connectivity index (χ3v) is 7.76. The fourth-order valence-corrected chi connectivity index (χ4v) is 5.83. The topological polar surface area (TPSA) is 81.8 Å². The van der Waals surface area contributed by atoms with Gasteiger partial charge in [-0.15, -0.1) is 5.10 Å². The first-order valence-electron chi connectivity index (χ1n) is 13.3. The number of halogens is 1. The highest BCUT2D eigenvalue weighted by molar-refractivity contribution is 6.34. The number of hydrogen-bond acceptors (Lipinski definition) is 4. The zero-order chi connectivity index (χ0) is 27.8. The zero-order valence-electron chi connectivity index (χ0n) is 22.3. The highest BCUT2D eigenvalue weighted by Crippen LogP contribution is 2.38. The van der Waals surface area contributed by atoms with Crippen molar-refractivity contribution in [1.29, 1.82) is 0 Å². The maximum Gasteiger partial charge on any atom is 0.257 e. The second kappa shape index (κ2) is 10.6. The van der Waals surface area contributed by atoms with Gasteiger partial charge in [0.25, 0.3) is 5.91 Å². The van der Waals surface area contributed by atoms with E-state index in [0.29, 0.717) is 22.1 Å². The van der Waals surface area contributed by atoms with Crippen LogP contribution in [0, 0.1) is 6.92 Å². The maximum atomic E-state index is 14.6. The summed E-state index contributed by atoms with van der Waals surface area (Å²) in [5.41, 5.74) is 6.62. The molecule has 0 saturated carbocycles. The number of nitrogens with one attached hydrogen (secondary N) is 1. The van der Waals surface area contributed by atoms with E-state index >= 15 is 0 Å². The molecule has 8 heteroatoms. The second-order valence-electron chi connectivity index (χ2n) is 10.1. The number of carbonyl (C=O) groups is 2. The lowest BCUT2D eigenvalue weighted by molar-refractivity contribution is -0.118. The lowest BCUT2D eigenvalue weighted by Gasteiger charge is -2.18. The van der Waals surface area contributed by atoms with Gasteiger partial charge >= 0.3 is 0 Å². The first-order chi connectivity index (χ1) is 19.4. The molecule has 3 aromatic carbocycles. The molecule has 0 spiro atoms. The van der Waals surface area contributed by atoms with Crippen molar-refractivity contribution >= 4 is 29.0 Å². The molecule has 7 nitrogen and oxygen atoms in total. The van der Waals surface area contributed by atoms with Gasteiger partial charge in [-0.25, -0.2) is 9.67 Å². The molecular weight excluding hydrogens is 522 g/mol. The SMILES string of the molecule is Cc1ccc(NC(=O)C(C(=O)c2c3c(n(C)c2-c2ccccc2)CCC3)n2cnc(-c3ccccc3)n2)c(Cl)c1. The molecule has 0 bridgehead atoms. The quantitative estimate of drug-likeness (QED) is 0.186. The Hall–Kier alpha value is -4.49. The number of benzene rings is 3. The summed E-state index contributed by atoms with van der Waals surface area (Å²) in [5.74, 6) is -0.432. The Balaban J connectivity index is 1.48. The van der Waals surface area contributed by atoms with Crippen molar-refractivity contribution in [3.05, 3.63) is 113 Å². The monoisotopic (exact) mass is 549 g/mol. The Morgan fingerprint density at radius 3 is 2.35 bits per heavy atom. The minimum atomic E-state index is -1.29. The van der Waals surface area contributed by atoms with Crippen LogP contribution in [0.4, 0.5) is 5.69 Å². The highest BCUT2D eigenvalue weighted by Gasteiger charge is 2.38. The van der Waals surface area contributed by atoms with Gasteiger partial charge in [0.15, 0.2) is 17.6 Å². The van der Waals surface area contributed by atoms with Crippen LogP contribution in [-0.4, -0.2) is 31.0 Å². The van der Waals surface area contributed by atoms with E-state index in [0.717, 1.165) is 52.9 Å². The number of aromatic nitrogens is 4. The minimum Gasteiger partial charge on any atom is -0.347 e. The molecule has 0 fully saturated rings. The number of fused-ring (bicyclic) bond motifs is 1. The van der Waals surface area contributed by atoms with Gasteiger partial charge in [-0.05, 0) is 55.0 Å². The van der Waals surface area contributed by atoms with Crippen LogP contribution in [0.25, 0.3) is 22.6 Å². The fraction of sp³-hybridized carbons (Fsp3) is 0.188. The van der Waals surface area contributed by atoms with Crippen LogP contribution < -0.4 is 5.32 Å². The van der Waals surface area contributed by atoms with Gasteiger partial charge in [0.1, 0.15) is 6.33 Å².